The first-order valence-corrected chi connectivity index (χ1v) is 10.5. The number of amides is 1. The quantitative estimate of drug-likeness (QED) is 0.531. The van der Waals surface area contributed by atoms with E-state index in [0.717, 1.165) is 11.4 Å². The minimum absolute atomic E-state index is 0.128. The number of aromatic nitrogens is 2. The molecule has 8 nitrogen and oxygen atoms in total. The molecule has 0 aliphatic carbocycles. The molecular formula is C24H25N3O5. The highest BCUT2D eigenvalue weighted by Gasteiger charge is 2.31. The van der Waals surface area contributed by atoms with Gasteiger partial charge in [0, 0.05) is 18.5 Å². The third-order valence-electron chi connectivity index (χ3n) is 5.30. The lowest BCUT2D eigenvalue weighted by Crippen LogP contribution is -2.39. The molecule has 2 heterocycles. The fourth-order valence-corrected chi connectivity index (χ4v) is 3.75. The van der Waals surface area contributed by atoms with Gasteiger partial charge in [-0.25, -0.2) is 9.48 Å². The van der Waals surface area contributed by atoms with Crippen molar-refractivity contribution in [1.29, 1.82) is 0 Å². The Morgan fingerprint density at radius 1 is 1.03 bits per heavy atom. The van der Waals surface area contributed by atoms with Crippen molar-refractivity contribution in [2.75, 3.05) is 26.9 Å². The zero-order chi connectivity index (χ0) is 22.5. The van der Waals surface area contributed by atoms with E-state index in [-0.39, 0.29) is 31.4 Å². The van der Waals surface area contributed by atoms with E-state index >= 15 is 0 Å². The van der Waals surface area contributed by atoms with Gasteiger partial charge >= 0.3 is 5.97 Å². The molecule has 0 unspecified atom stereocenters. The van der Waals surface area contributed by atoms with E-state index in [1.807, 2.05) is 42.5 Å². The van der Waals surface area contributed by atoms with Crippen LogP contribution in [0.1, 0.15) is 28.7 Å². The van der Waals surface area contributed by atoms with Crippen LogP contribution >= 0.6 is 0 Å². The average molecular weight is 435 g/mol. The zero-order valence-electron chi connectivity index (χ0n) is 18.1. The van der Waals surface area contributed by atoms with E-state index < -0.39 is 5.97 Å². The molecule has 3 aromatic rings. The second-order valence-electron chi connectivity index (χ2n) is 7.25. The Morgan fingerprint density at radius 3 is 2.47 bits per heavy atom. The third kappa shape index (κ3) is 4.30. The average Bonchev–Trinajstić information content (AvgIpc) is 3.22. The normalized spacial score (nSPS) is 12.8. The molecule has 0 fully saturated rings. The molecule has 0 N–H and O–H groups in total. The first kappa shape index (κ1) is 21.4. The lowest BCUT2D eigenvalue weighted by Gasteiger charge is -2.28. The van der Waals surface area contributed by atoms with Gasteiger partial charge in [-0.05, 0) is 31.2 Å². The van der Waals surface area contributed by atoms with Crippen molar-refractivity contribution < 1.29 is 23.8 Å². The molecule has 1 aliphatic heterocycles. The summed E-state index contributed by atoms with van der Waals surface area (Å²) in [5.74, 6) is 0.405. The van der Waals surface area contributed by atoms with Gasteiger partial charge in [-0.1, -0.05) is 30.3 Å². The SMILES string of the molecule is CCOC(=O)c1nn(-c2ccccc2)c2c1CN(C(=O)COc1ccccc1OC)CC2. The van der Waals surface area contributed by atoms with Crippen LogP contribution in [0.15, 0.2) is 54.6 Å². The number of methoxy groups -OCH3 is 1. The van der Waals surface area contributed by atoms with Crippen LogP contribution in [0.4, 0.5) is 0 Å². The highest BCUT2D eigenvalue weighted by atomic mass is 16.5. The number of nitrogens with zero attached hydrogens (tertiary/aromatic N) is 3. The van der Waals surface area contributed by atoms with Crippen molar-refractivity contribution >= 4 is 11.9 Å². The van der Waals surface area contributed by atoms with E-state index in [4.69, 9.17) is 14.2 Å². The summed E-state index contributed by atoms with van der Waals surface area (Å²) in [6.07, 6.45) is 0.566. The Labute approximate surface area is 186 Å². The molecule has 32 heavy (non-hydrogen) atoms. The predicted octanol–water partition coefficient (Wildman–Crippen LogP) is 3.02. The Morgan fingerprint density at radius 2 is 1.75 bits per heavy atom. The Balaban J connectivity index is 1.56. The molecule has 0 atom stereocenters. The van der Waals surface area contributed by atoms with E-state index in [9.17, 15) is 9.59 Å². The first-order valence-electron chi connectivity index (χ1n) is 10.5. The summed E-state index contributed by atoms with van der Waals surface area (Å²) < 4.78 is 17.9. The van der Waals surface area contributed by atoms with Crippen LogP contribution in [0.3, 0.4) is 0 Å². The Kier molecular flexibility index (Phi) is 6.39. The topological polar surface area (TPSA) is 82.9 Å². The summed E-state index contributed by atoms with van der Waals surface area (Å²) in [4.78, 5) is 27.1. The van der Waals surface area contributed by atoms with Gasteiger partial charge < -0.3 is 19.1 Å². The maximum Gasteiger partial charge on any atom is 0.359 e. The standard InChI is InChI=1S/C24H25N3O5/c1-3-31-24(29)23-18-15-26(22(28)16-32-21-12-8-7-11-20(21)30-2)14-13-19(18)27(25-23)17-9-5-4-6-10-17/h4-12H,3,13-16H2,1-2H3. The smallest absolute Gasteiger partial charge is 0.359 e. The number of fused-ring (bicyclic) bond motifs is 1. The van der Waals surface area contributed by atoms with Gasteiger partial charge in [-0.15, -0.1) is 0 Å². The third-order valence-corrected chi connectivity index (χ3v) is 5.30. The maximum atomic E-state index is 12.9. The lowest BCUT2D eigenvalue weighted by molar-refractivity contribution is -0.134. The minimum Gasteiger partial charge on any atom is -0.493 e. The largest absolute Gasteiger partial charge is 0.493 e. The van der Waals surface area contributed by atoms with Crippen LogP contribution in [0.2, 0.25) is 0 Å². The number of rotatable bonds is 7. The number of hydrogen-bond donors (Lipinski definition) is 0. The van der Waals surface area contributed by atoms with E-state index in [0.29, 0.717) is 30.0 Å². The van der Waals surface area contributed by atoms with Crippen LogP contribution in [0, 0.1) is 0 Å². The molecule has 0 radical (unpaired) electrons. The second-order valence-corrected chi connectivity index (χ2v) is 7.25. The van der Waals surface area contributed by atoms with Gasteiger partial charge in [0.15, 0.2) is 23.8 Å². The summed E-state index contributed by atoms with van der Waals surface area (Å²) in [6, 6.07) is 16.8. The summed E-state index contributed by atoms with van der Waals surface area (Å²) in [6.45, 7) is 2.65. The number of ether oxygens (including phenoxy) is 3. The molecular weight excluding hydrogens is 410 g/mol. The van der Waals surface area contributed by atoms with Crippen molar-refractivity contribution in [2.24, 2.45) is 0 Å². The van der Waals surface area contributed by atoms with E-state index in [1.165, 1.54) is 0 Å². The highest BCUT2D eigenvalue weighted by Crippen LogP contribution is 2.28. The minimum atomic E-state index is -0.488. The molecule has 2 aromatic carbocycles. The molecule has 4 rings (SSSR count). The van der Waals surface area contributed by atoms with Gasteiger partial charge in [0.25, 0.3) is 5.91 Å². The summed E-state index contributed by atoms with van der Waals surface area (Å²) in [5.41, 5.74) is 2.73. The molecule has 1 amide bonds. The van der Waals surface area contributed by atoms with E-state index in [2.05, 4.69) is 5.10 Å². The van der Waals surface area contributed by atoms with Crippen molar-refractivity contribution in [1.82, 2.24) is 14.7 Å². The number of esters is 1. The van der Waals surface area contributed by atoms with Crippen molar-refractivity contribution in [3.8, 4) is 17.2 Å². The van der Waals surface area contributed by atoms with Crippen LogP contribution in [-0.4, -0.2) is 53.4 Å². The van der Waals surface area contributed by atoms with Gasteiger partial charge in [0.2, 0.25) is 0 Å². The van der Waals surface area contributed by atoms with Crippen molar-refractivity contribution in [3.05, 3.63) is 71.5 Å². The molecule has 1 aliphatic rings. The number of para-hydroxylation sites is 3. The Hall–Kier alpha value is -3.81. The molecule has 166 valence electrons. The van der Waals surface area contributed by atoms with Crippen LogP contribution in [-0.2, 0) is 22.5 Å². The monoisotopic (exact) mass is 435 g/mol. The first-order chi connectivity index (χ1) is 15.6. The van der Waals surface area contributed by atoms with Crippen LogP contribution in [0.25, 0.3) is 5.69 Å². The second kappa shape index (κ2) is 9.55. The number of hydrogen-bond acceptors (Lipinski definition) is 6. The molecule has 0 saturated carbocycles. The fourth-order valence-electron chi connectivity index (χ4n) is 3.75. The summed E-state index contributed by atoms with van der Waals surface area (Å²) in [5, 5.41) is 4.55. The molecule has 0 bridgehead atoms. The zero-order valence-corrected chi connectivity index (χ0v) is 18.1. The lowest BCUT2D eigenvalue weighted by atomic mass is 10.0. The predicted molar refractivity (Wildman–Crippen MR) is 117 cm³/mol. The maximum absolute atomic E-state index is 12.9. The van der Waals surface area contributed by atoms with Gasteiger partial charge in [0.1, 0.15) is 0 Å². The van der Waals surface area contributed by atoms with Crippen molar-refractivity contribution in [3.63, 3.8) is 0 Å². The number of carbonyl (C=O) groups is 2. The summed E-state index contributed by atoms with van der Waals surface area (Å²) in [7, 11) is 1.55. The molecule has 0 saturated heterocycles. The van der Waals surface area contributed by atoms with Gasteiger partial charge in [0.05, 0.1) is 31.6 Å². The Bertz CT molecular complexity index is 1110. The van der Waals surface area contributed by atoms with Gasteiger partial charge in [-0.3, -0.25) is 4.79 Å². The van der Waals surface area contributed by atoms with Crippen LogP contribution in [0.5, 0.6) is 11.5 Å². The van der Waals surface area contributed by atoms with Crippen molar-refractivity contribution in [2.45, 2.75) is 19.9 Å². The molecule has 0 spiro atoms. The molecule has 1 aromatic heterocycles. The molecule has 8 heteroatoms. The fraction of sp³-hybridized carbons (Fsp3) is 0.292. The van der Waals surface area contributed by atoms with Gasteiger partial charge in [-0.2, -0.15) is 5.10 Å². The number of carbonyl (C=O) groups excluding carboxylic acids is 2. The van der Waals surface area contributed by atoms with Crippen LogP contribution < -0.4 is 9.47 Å². The van der Waals surface area contributed by atoms with E-state index in [1.54, 1.807) is 35.7 Å². The summed E-state index contributed by atoms with van der Waals surface area (Å²) >= 11 is 0. The number of benzene rings is 2. The highest BCUT2D eigenvalue weighted by molar-refractivity contribution is 5.90.